The second kappa shape index (κ2) is 7.12. The van der Waals surface area contributed by atoms with Gasteiger partial charge in [0.25, 0.3) is 5.91 Å². The summed E-state index contributed by atoms with van der Waals surface area (Å²) in [4.78, 5) is 14.5. The summed E-state index contributed by atoms with van der Waals surface area (Å²) in [5.74, 6) is 6.64. The molecular formula is C17H22N2O. The summed E-state index contributed by atoms with van der Waals surface area (Å²) < 4.78 is 0. The van der Waals surface area contributed by atoms with Crippen LogP contribution in [0.3, 0.4) is 0 Å². The van der Waals surface area contributed by atoms with Crippen LogP contribution in [0.2, 0.25) is 0 Å². The topological polar surface area (TPSA) is 46.3 Å². The minimum absolute atomic E-state index is 0.136. The van der Waals surface area contributed by atoms with Crippen LogP contribution in [0.15, 0.2) is 24.3 Å². The molecule has 3 heteroatoms. The van der Waals surface area contributed by atoms with Crippen molar-refractivity contribution < 1.29 is 4.79 Å². The van der Waals surface area contributed by atoms with E-state index in [9.17, 15) is 4.79 Å². The molecule has 0 aliphatic heterocycles. The van der Waals surface area contributed by atoms with Gasteiger partial charge in [-0.25, -0.2) is 0 Å². The average molecular weight is 270 g/mol. The fourth-order valence-corrected chi connectivity index (χ4v) is 2.19. The van der Waals surface area contributed by atoms with Gasteiger partial charge in [0.05, 0.1) is 6.54 Å². The predicted octanol–water partition coefficient (Wildman–Crippen LogP) is 2.26. The molecule has 2 rings (SSSR count). The van der Waals surface area contributed by atoms with Crippen LogP contribution in [-0.2, 0) is 0 Å². The van der Waals surface area contributed by atoms with Gasteiger partial charge in [-0.1, -0.05) is 18.8 Å². The molecule has 0 heterocycles. The Morgan fingerprint density at radius 1 is 1.35 bits per heavy atom. The maximum Gasteiger partial charge on any atom is 0.253 e. The molecule has 1 aromatic rings. The Morgan fingerprint density at radius 3 is 2.60 bits per heavy atom. The first-order valence-corrected chi connectivity index (χ1v) is 7.33. The molecule has 0 aromatic heterocycles. The highest BCUT2D eigenvalue weighted by Gasteiger charge is 2.26. The zero-order valence-electron chi connectivity index (χ0n) is 12.1. The van der Waals surface area contributed by atoms with Crippen molar-refractivity contribution in [1.29, 1.82) is 0 Å². The molecule has 3 nitrogen and oxygen atoms in total. The summed E-state index contributed by atoms with van der Waals surface area (Å²) in [5, 5.41) is 0. The zero-order valence-corrected chi connectivity index (χ0v) is 12.1. The molecule has 0 bridgehead atoms. The van der Waals surface area contributed by atoms with Gasteiger partial charge in [0, 0.05) is 24.2 Å². The van der Waals surface area contributed by atoms with Crippen LogP contribution in [0.1, 0.15) is 42.1 Å². The summed E-state index contributed by atoms with van der Waals surface area (Å²) in [6, 6.07) is 7.49. The smallest absolute Gasteiger partial charge is 0.253 e. The van der Waals surface area contributed by atoms with Gasteiger partial charge >= 0.3 is 0 Å². The molecule has 0 saturated heterocycles. The Hall–Kier alpha value is -1.79. The zero-order chi connectivity index (χ0) is 14.4. The van der Waals surface area contributed by atoms with Crippen molar-refractivity contribution in [3.05, 3.63) is 35.4 Å². The van der Waals surface area contributed by atoms with E-state index in [0.29, 0.717) is 6.54 Å². The lowest BCUT2D eigenvalue weighted by Gasteiger charge is -2.22. The average Bonchev–Trinajstić information content (AvgIpc) is 3.28. The minimum atomic E-state index is 0.136. The fraction of sp³-hybridized carbons (Fsp3) is 0.471. The highest BCUT2D eigenvalue weighted by Crippen LogP contribution is 2.30. The molecular weight excluding hydrogens is 248 g/mol. The molecule has 1 fully saturated rings. The molecule has 1 saturated carbocycles. The summed E-state index contributed by atoms with van der Waals surface area (Å²) in [7, 11) is 0. The highest BCUT2D eigenvalue weighted by atomic mass is 16.2. The van der Waals surface area contributed by atoms with Crippen LogP contribution in [0, 0.1) is 17.8 Å². The van der Waals surface area contributed by atoms with E-state index in [2.05, 4.69) is 18.8 Å². The SMILES string of the molecule is CCCN(CC1CC1)C(=O)c1ccc(C#CCN)cc1. The second-order valence-corrected chi connectivity index (χ2v) is 5.28. The monoisotopic (exact) mass is 270 g/mol. The molecule has 20 heavy (non-hydrogen) atoms. The van der Waals surface area contributed by atoms with Crippen molar-refractivity contribution >= 4 is 5.91 Å². The minimum Gasteiger partial charge on any atom is -0.338 e. The molecule has 1 aliphatic rings. The third kappa shape index (κ3) is 4.11. The van der Waals surface area contributed by atoms with E-state index in [0.717, 1.165) is 36.6 Å². The number of amides is 1. The normalized spacial score (nSPS) is 13.5. The van der Waals surface area contributed by atoms with E-state index in [1.807, 2.05) is 29.2 Å². The number of hydrogen-bond donors (Lipinski definition) is 1. The highest BCUT2D eigenvalue weighted by molar-refractivity contribution is 5.94. The number of carbonyl (C=O) groups is 1. The van der Waals surface area contributed by atoms with E-state index in [1.165, 1.54) is 12.8 Å². The molecule has 1 amide bonds. The number of benzene rings is 1. The third-order valence-corrected chi connectivity index (χ3v) is 3.42. The van der Waals surface area contributed by atoms with Crippen molar-refractivity contribution in [3.63, 3.8) is 0 Å². The van der Waals surface area contributed by atoms with Crippen molar-refractivity contribution in [3.8, 4) is 11.8 Å². The van der Waals surface area contributed by atoms with Crippen LogP contribution in [-0.4, -0.2) is 30.4 Å². The molecule has 2 N–H and O–H groups in total. The van der Waals surface area contributed by atoms with E-state index in [4.69, 9.17) is 5.73 Å². The third-order valence-electron chi connectivity index (χ3n) is 3.42. The van der Waals surface area contributed by atoms with Crippen LogP contribution in [0.25, 0.3) is 0 Å². The van der Waals surface area contributed by atoms with Gasteiger partial charge in [-0.2, -0.15) is 0 Å². The molecule has 0 radical (unpaired) electrons. The molecule has 0 spiro atoms. The Morgan fingerprint density at radius 2 is 2.05 bits per heavy atom. The van der Waals surface area contributed by atoms with Gasteiger partial charge in [-0.05, 0) is 49.4 Å². The lowest BCUT2D eigenvalue weighted by molar-refractivity contribution is 0.0747. The van der Waals surface area contributed by atoms with Crippen molar-refractivity contribution in [2.45, 2.75) is 26.2 Å². The van der Waals surface area contributed by atoms with Crippen LogP contribution in [0.5, 0.6) is 0 Å². The van der Waals surface area contributed by atoms with E-state index in [1.54, 1.807) is 0 Å². The number of rotatable bonds is 5. The first-order valence-electron chi connectivity index (χ1n) is 7.33. The lowest BCUT2D eigenvalue weighted by Crippen LogP contribution is -2.33. The maximum absolute atomic E-state index is 12.5. The van der Waals surface area contributed by atoms with Crippen molar-refractivity contribution in [2.75, 3.05) is 19.6 Å². The fourth-order valence-electron chi connectivity index (χ4n) is 2.19. The Bertz CT molecular complexity index is 506. The first kappa shape index (κ1) is 14.6. The summed E-state index contributed by atoms with van der Waals surface area (Å²) >= 11 is 0. The van der Waals surface area contributed by atoms with Gasteiger partial charge in [0.1, 0.15) is 0 Å². The van der Waals surface area contributed by atoms with Crippen molar-refractivity contribution in [2.24, 2.45) is 11.7 Å². The van der Waals surface area contributed by atoms with E-state index < -0.39 is 0 Å². The predicted molar refractivity (Wildman–Crippen MR) is 81.3 cm³/mol. The Balaban J connectivity index is 2.05. The van der Waals surface area contributed by atoms with Gasteiger partial charge in [0.2, 0.25) is 0 Å². The van der Waals surface area contributed by atoms with E-state index >= 15 is 0 Å². The summed E-state index contributed by atoms with van der Waals surface area (Å²) in [6.07, 6.45) is 3.53. The van der Waals surface area contributed by atoms with Gasteiger partial charge in [0.15, 0.2) is 0 Å². The van der Waals surface area contributed by atoms with Crippen LogP contribution in [0.4, 0.5) is 0 Å². The number of hydrogen-bond acceptors (Lipinski definition) is 2. The lowest BCUT2D eigenvalue weighted by atomic mass is 10.1. The number of nitrogens with two attached hydrogens (primary N) is 1. The summed E-state index contributed by atoms with van der Waals surface area (Å²) in [6.45, 7) is 4.20. The molecule has 0 unspecified atom stereocenters. The van der Waals surface area contributed by atoms with E-state index in [-0.39, 0.29) is 5.91 Å². The van der Waals surface area contributed by atoms with Crippen LogP contribution < -0.4 is 5.73 Å². The van der Waals surface area contributed by atoms with Crippen molar-refractivity contribution in [1.82, 2.24) is 4.90 Å². The first-order chi connectivity index (χ1) is 9.74. The van der Waals surface area contributed by atoms with Gasteiger partial charge < -0.3 is 10.6 Å². The Kier molecular flexibility index (Phi) is 5.20. The quantitative estimate of drug-likeness (QED) is 0.834. The Labute approximate surface area is 121 Å². The maximum atomic E-state index is 12.5. The second-order valence-electron chi connectivity index (χ2n) is 5.28. The number of carbonyl (C=O) groups excluding carboxylic acids is 1. The molecule has 1 aliphatic carbocycles. The standard InChI is InChI=1S/C17H22N2O/c1-2-12-19(13-15-5-6-15)17(20)16-9-7-14(8-10-16)4-3-11-18/h7-10,15H,2,5-6,11-13,18H2,1H3. The van der Waals surface area contributed by atoms with Crippen LogP contribution >= 0.6 is 0 Å². The largest absolute Gasteiger partial charge is 0.338 e. The molecule has 0 atom stereocenters. The van der Waals surface area contributed by atoms with Gasteiger partial charge in [-0.15, -0.1) is 0 Å². The van der Waals surface area contributed by atoms with Gasteiger partial charge in [-0.3, -0.25) is 4.79 Å². The molecule has 1 aromatic carbocycles. The summed E-state index contributed by atoms with van der Waals surface area (Å²) in [5.41, 5.74) is 6.99. The number of nitrogens with zero attached hydrogens (tertiary/aromatic N) is 1. The molecule has 106 valence electrons.